The maximum absolute atomic E-state index is 12.0. The third-order valence-electron chi connectivity index (χ3n) is 3.09. The van der Waals surface area contributed by atoms with Crippen LogP contribution in [0.1, 0.15) is 19.4 Å². The normalized spacial score (nSPS) is 12.4. The zero-order valence-electron chi connectivity index (χ0n) is 11.7. The maximum Gasteiger partial charge on any atom is 0.241 e. The Balaban J connectivity index is 2.22. The molecule has 2 aromatic rings. The van der Waals surface area contributed by atoms with E-state index in [0.29, 0.717) is 5.69 Å². The third kappa shape index (κ3) is 3.00. The van der Waals surface area contributed by atoms with Crippen LogP contribution in [-0.4, -0.2) is 32.2 Å². The van der Waals surface area contributed by atoms with Gasteiger partial charge in [-0.15, -0.1) is 5.10 Å². The van der Waals surface area contributed by atoms with Crippen LogP contribution in [0, 0.1) is 12.8 Å². The van der Waals surface area contributed by atoms with Crippen LogP contribution in [-0.2, 0) is 4.79 Å². The van der Waals surface area contributed by atoms with Crippen molar-refractivity contribution in [2.75, 3.05) is 5.32 Å². The van der Waals surface area contributed by atoms with Crippen molar-refractivity contribution in [3.8, 4) is 5.69 Å². The standard InChI is InChI=1S/C13H18N6O/c1-8(2)12(14)13(20)16-10-5-4-9(3)11(6-10)19-7-15-17-18-19/h4-8,12H,14H2,1-3H3,(H,16,20)/t12-/m1/s1. The van der Waals surface area contributed by atoms with Gasteiger partial charge in [0.1, 0.15) is 6.33 Å². The minimum Gasteiger partial charge on any atom is -0.325 e. The Labute approximate surface area is 117 Å². The lowest BCUT2D eigenvalue weighted by Crippen LogP contribution is -2.39. The van der Waals surface area contributed by atoms with Gasteiger partial charge in [0.05, 0.1) is 11.7 Å². The van der Waals surface area contributed by atoms with E-state index in [1.807, 2.05) is 39.0 Å². The monoisotopic (exact) mass is 274 g/mol. The van der Waals surface area contributed by atoms with Crippen LogP contribution in [0.15, 0.2) is 24.5 Å². The van der Waals surface area contributed by atoms with E-state index in [0.717, 1.165) is 11.3 Å². The summed E-state index contributed by atoms with van der Waals surface area (Å²) in [4.78, 5) is 12.0. The van der Waals surface area contributed by atoms with Gasteiger partial charge in [0.15, 0.2) is 0 Å². The van der Waals surface area contributed by atoms with Gasteiger partial charge in [0.25, 0.3) is 0 Å². The molecule has 1 aromatic heterocycles. The first-order valence-electron chi connectivity index (χ1n) is 6.39. The van der Waals surface area contributed by atoms with Gasteiger partial charge in [-0.1, -0.05) is 19.9 Å². The summed E-state index contributed by atoms with van der Waals surface area (Å²) in [5, 5.41) is 13.9. The smallest absolute Gasteiger partial charge is 0.241 e. The summed E-state index contributed by atoms with van der Waals surface area (Å²) in [6.45, 7) is 5.76. The van der Waals surface area contributed by atoms with Gasteiger partial charge < -0.3 is 11.1 Å². The molecule has 0 bridgehead atoms. The molecule has 0 spiro atoms. The fourth-order valence-corrected chi connectivity index (χ4v) is 1.73. The number of aryl methyl sites for hydroxylation is 1. The fourth-order valence-electron chi connectivity index (χ4n) is 1.73. The Morgan fingerprint density at radius 2 is 2.15 bits per heavy atom. The first-order valence-corrected chi connectivity index (χ1v) is 6.39. The average molecular weight is 274 g/mol. The van der Waals surface area contributed by atoms with Crippen LogP contribution < -0.4 is 11.1 Å². The number of anilines is 1. The van der Waals surface area contributed by atoms with E-state index < -0.39 is 6.04 Å². The van der Waals surface area contributed by atoms with Gasteiger partial charge >= 0.3 is 0 Å². The summed E-state index contributed by atoms with van der Waals surface area (Å²) in [6, 6.07) is 5.01. The van der Waals surface area contributed by atoms with Gasteiger partial charge in [-0.2, -0.15) is 0 Å². The lowest BCUT2D eigenvalue weighted by molar-refractivity contribution is -0.118. The number of nitrogens with one attached hydrogen (secondary N) is 1. The molecule has 0 radical (unpaired) electrons. The van der Waals surface area contributed by atoms with Gasteiger partial charge in [-0.05, 0) is 41.0 Å². The summed E-state index contributed by atoms with van der Waals surface area (Å²) in [5.41, 5.74) is 8.30. The van der Waals surface area contributed by atoms with Crippen molar-refractivity contribution in [1.29, 1.82) is 0 Å². The Kier molecular flexibility index (Phi) is 4.09. The number of tetrazole rings is 1. The predicted octanol–water partition coefficient (Wildman–Crippen LogP) is 0.893. The molecule has 0 unspecified atom stereocenters. The highest BCUT2D eigenvalue weighted by Gasteiger charge is 2.17. The summed E-state index contributed by atoms with van der Waals surface area (Å²) >= 11 is 0. The lowest BCUT2D eigenvalue weighted by Gasteiger charge is -2.16. The zero-order valence-corrected chi connectivity index (χ0v) is 11.7. The highest BCUT2D eigenvalue weighted by molar-refractivity contribution is 5.95. The molecule has 106 valence electrons. The molecule has 7 heteroatoms. The van der Waals surface area contributed by atoms with E-state index in [9.17, 15) is 4.79 Å². The average Bonchev–Trinajstić information content (AvgIpc) is 2.93. The molecular weight excluding hydrogens is 256 g/mol. The van der Waals surface area contributed by atoms with Crippen molar-refractivity contribution < 1.29 is 4.79 Å². The van der Waals surface area contributed by atoms with Crippen molar-refractivity contribution in [2.24, 2.45) is 11.7 Å². The fraction of sp³-hybridized carbons (Fsp3) is 0.385. The number of hydrogen-bond donors (Lipinski definition) is 2. The lowest BCUT2D eigenvalue weighted by atomic mass is 10.0. The molecule has 0 fully saturated rings. The third-order valence-corrected chi connectivity index (χ3v) is 3.09. The number of carbonyl (C=O) groups is 1. The molecule has 0 saturated heterocycles. The number of benzene rings is 1. The molecule has 3 N–H and O–H groups in total. The van der Waals surface area contributed by atoms with Crippen molar-refractivity contribution >= 4 is 11.6 Å². The second-order valence-corrected chi connectivity index (χ2v) is 5.01. The van der Waals surface area contributed by atoms with Gasteiger partial charge in [0, 0.05) is 5.69 Å². The summed E-state index contributed by atoms with van der Waals surface area (Å²) in [6.07, 6.45) is 1.51. The topological polar surface area (TPSA) is 98.7 Å². The molecular formula is C13H18N6O. The molecule has 0 aliphatic rings. The van der Waals surface area contributed by atoms with Crippen LogP contribution >= 0.6 is 0 Å². The van der Waals surface area contributed by atoms with E-state index in [1.165, 1.54) is 6.33 Å². The minimum atomic E-state index is -0.534. The number of carbonyl (C=O) groups excluding carboxylic acids is 1. The number of aromatic nitrogens is 4. The summed E-state index contributed by atoms with van der Waals surface area (Å²) in [7, 11) is 0. The SMILES string of the molecule is Cc1ccc(NC(=O)[C@H](N)C(C)C)cc1-n1cnnn1. The number of rotatable bonds is 4. The first-order chi connectivity index (χ1) is 9.49. The van der Waals surface area contributed by atoms with Crippen LogP contribution in [0.4, 0.5) is 5.69 Å². The second kappa shape index (κ2) is 5.79. The number of nitrogens with zero attached hydrogens (tertiary/aromatic N) is 4. The summed E-state index contributed by atoms with van der Waals surface area (Å²) in [5.74, 6) is -0.119. The molecule has 7 nitrogen and oxygen atoms in total. The van der Waals surface area contributed by atoms with E-state index >= 15 is 0 Å². The molecule has 0 aliphatic heterocycles. The van der Waals surface area contributed by atoms with Crippen LogP contribution in [0.2, 0.25) is 0 Å². The molecule has 2 rings (SSSR count). The molecule has 20 heavy (non-hydrogen) atoms. The zero-order chi connectivity index (χ0) is 14.7. The van der Waals surface area contributed by atoms with Gasteiger partial charge in [0.2, 0.25) is 5.91 Å². The molecule has 0 saturated carbocycles. The van der Waals surface area contributed by atoms with Crippen molar-refractivity contribution in [1.82, 2.24) is 20.2 Å². The number of amides is 1. The van der Waals surface area contributed by atoms with E-state index in [2.05, 4.69) is 20.8 Å². The molecule has 1 atom stereocenters. The predicted molar refractivity (Wildman–Crippen MR) is 75.3 cm³/mol. The molecule has 1 heterocycles. The second-order valence-electron chi connectivity index (χ2n) is 5.01. The van der Waals surface area contributed by atoms with E-state index in [4.69, 9.17) is 5.73 Å². The van der Waals surface area contributed by atoms with Crippen molar-refractivity contribution in [3.05, 3.63) is 30.1 Å². The maximum atomic E-state index is 12.0. The summed E-state index contributed by atoms with van der Waals surface area (Å²) < 4.78 is 1.55. The van der Waals surface area contributed by atoms with Crippen LogP contribution in [0.5, 0.6) is 0 Å². The van der Waals surface area contributed by atoms with Gasteiger partial charge in [-0.3, -0.25) is 4.79 Å². The Bertz CT molecular complexity index is 593. The van der Waals surface area contributed by atoms with Crippen LogP contribution in [0.25, 0.3) is 5.69 Å². The molecule has 1 aromatic carbocycles. The van der Waals surface area contributed by atoms with Crippen molar-refractivity contribution in [3.63, 3.8) is 0 Å². The largest absolute Gasteiger partial charge is 0.325 e. The highest BCUT2D eigenvalue weighted by atomic mass is 16.2. The number of hydrogen-bond acceptors (Lipinski definition) is 5. The quantitative estimate of drug-likeness (QED) is 0.862. The van der Waals surface area contributed by atoms with E-state index in [1.54, 1.807) is 4.68 Å². The minimum absolute atomic E-state index is 0.0828. The first kappa shape index (κ1) is 14.1. The Morgan fingerprint density at radius 1 is 1.40 bits per heavy atom. The van der Waals surface area contributed by atoms with Crippen molar-refractivity contribution in [2.45, 2.75) is 26.8 Å². The van der Waals surface area contributed by atoms with E-state index in [-0.39, 0.29) is 11.8 Å². The van der Waals surface area contributed by atoms with Gasteiger partial charge in [-0.25, -0.2) is 4.68 Å². The molecule has 1 amide bonds. The highest BCUT2D eigenvalue weighted by Crippen LogP contribution is 2.18. The Morgan fingerprint density at radius 3 is 2.75 bits per heavy atom. The van der Waals surface area contributed by atoms with Crippen LogP contribution in [0.3, 0.4) is 0 Å². The number of nitrogens with two attached hydrogens (primary N) is 1. The molecule has 0 aliphatic carbocycles. The Hall–Kier alpha value is -2.28.